The molecule has 0 saturated carbocycles. The van der Waals surface area contributed by atoms with Crippen LogP contribution in [0.4, 0.5) is 0 Å². The van der Waals surface area contributed by atoms with Crippen LogP contribution in [0.2, 0.25) is 0 Å². The van der Waals surface area contributed by atoms with Crippen molar-refractivity contribution in [2.45, 2.75) is 31.6 Å². The van der Waals surface area contributed by atoms with E-state index in [0.29, 0.717) is 5.17 Å². The van der Waals surface area contributed by atoms with Crippen LogP contribution in [0, 0.1) is 13.8 Å². The van der Waals surface area contributed by atoms with Crippen LogP contribution in [-0.4, -0.2) is 23.6 Å². The zero-order valence-corrected chi connectivity index (χ0v) is 17.7. The molecule has 2 unspecified atom stereocenters. The molecule has 4 rings (SSSR count). The Bertz CT molecular complexity index is 1030. The summed E-state index contributed by atoms with van der Waals surface area (Å²) >= 11 is 3.33. The van der Waals surface area contributed by atoms with E-state index in [1.54, 1.807) is 30.1 Å². The second kappa shape index (κ2) is 7.93. The highest BCUT2D eigenvalue weighted by Gasteiger charge is 2.30. The maximum atomic E-state index is 6.18. The number of thiophene rings is 1. The summed E-state index contributed by atoms with van der Waals surface area (Å²) in [4.78, 5) is 10.1. The highest BCUT2D eigenvalue weighted by molar-refractivity contribution is 8.14. The topological polar surface area (TPSA) is 76.8 Å². The molecule has 3 aromatic rings. The summed E-state index contributed by atoms with van der Waals surface area (Å²) in [6, 6.07) is 10.7. The van der Waals surface area contributed by atoms with Crippen molar-refractivity contribution in [2.24, 2.45) is 15.7 Å². The third-order valence-electron chi connectivity index (χ3n) is 4.84. The molecule has 144 valence electrons. The van der Waals surface area contributed by atoms with Gasteiger partial charge in [0.05, 0.1) is 11.7 Å². The fourth-order valence-electron chi connectivity index (χ4n) is 3.57. The lowest BCUT2D eigenvalue weighted by Crippen LogP contribution is -2.18. The maximum Gasteiger partial charge on any atom is 0.155 e. The molecule has 0 spiro atoms. The number of rotatable bonds is 4. The molecule has 1 aliphatic rings. The lowest BCUT2D eigenvalue weighted by Gasteiger charge is -2.25. The number of aliphatic imine (C=N–C) groups is 2. The number of hydrogen-bond donors (Lipinski definition) is 1. The van der Waals surface area contributed by atoms with Gasteiger partial charge in [-0.05, 0) is 54.5 Å². The van der Waals surface area contributed by atoms with E-state index in [4.69, 9.17) is 15.2 Å². The third kappa shape index (κ3) is 3.77. The fourth-order valence-corrected chi connectivity index (χ4v) is 5.75. The Morgan fingerprint density at radius 3 is 2.86 bits per heavy atom. The number of aryl methyl sites for hydroxylation is 2. The van der Waals surface area contributed by atoms with Crippen LogP contribution in [0.5, 0.6) is 0 Å². The molecule has 0 aliphatic carbocycles. The average molecular weight is 411 g/mol. The minimum absolute atomic E-state index is 0.0547. The normalized spacial score (nSPS) is 19.9. The van der Waals surface area contributed by atoms with E-state index in [9.17, 15) is 0 Å². The fraction of sp³-hybridized carbons (Fsp3) is 0.286. The standard InChI is InChI=1S/C21H22N4OS2/c1-12-20(13(2)26-25-12)19-9-17(24-21(22)28-19)18-8-16(11-27-18)15-6-4-5-14(7-15)10-23-3/h4-8,10-11,17,19H,9H2,1-3H3,(H2,22,24). The Morgan fingerprint density at radius 1 is 1.25 bits per heavy atom. The van der Waals surface area contributed by atoms with Crippen molar-refractivity contribution in [1.82, 2.24) is 5.16 Å². The first kappa shape index (κ1) is 19.0. The molecule has 2 atom stereocenters. The molecule has 0 radical (unpaired) electrons. The van der Waals surface area contributed by atoms with Crippen LogP contribution in [0.15, 0.2) is 50.2 Å². The van der Waals surface area contributed by atoms with Crippen molar-refractivity contribution < 1.29 is 4.52 Å². The summed E-state index contributed by atoms with van der Waals surface area (Å²) in [6.07, 6.45) is 2.76. The molecule has 2 aromatic heterocycles. The number of thioether (sulfide) groups is 1. The van der Waals surface area contributed by atoms with Gasteiger partial charge in [0, 0.05) is 29.0 Å². The van der Waals surface area contributed by atoms with Gasteiger partial charge in [-0.3, -0.25) is 9.98 Å². The lowest BCUT2D eigenvalue weighted by molar-refractivity contribution is 0.392. The minimum atomic E-state index is 0.0547. The Morgan fingerprint density at radius 2 is 2.11 bits per heavy atom. The first-order valence-corrected chi connectivity index (χ1v) is 10.8. The molecule has 2 N–H and O–H groups in total. The number of benzene rings is 1. The maximum absolute atomic E-state index is 6.18. The van der Waals surface area contributed by atoms with Crippen LogP contribution in [-0.2, 0) is 0 Å². The van der Waals surface area contributed by atoms with Gasteiger partial charge in [0.2, 0.25) is 0 Å². The molecule has 0 fully saturated rings. The smallest absolute Gasteiger partial charge is 0.155 e. The molecule has 1 aliphatic heterocycles. The van der Waals surface area contributed by atoms with Crippen molar-refractivity contribution in [2.75, 3.05) is 7.05 Å². The van der Waals surface area contributed by atoms with Crippen LogP contribution in [0.1, 0.15) is 45.2 Å². The van der Waals surface area contributed by atoms with Crippen molar-refractivity contribution >= 4 is 34.5 Å². The largest absolute Gasteiger partial charge is 0.379 e. The number of hydrogen-bond acceptors (Lipinski definition) is 7. The summed E-state index contributed by atoms with van der Waals surface area (Å²) in [5, 5.41) is 7.13. The first-order valence-electron chi connectivity index (χ1n) is 9.09. The zero-order chi connectivity index (χ0) is 19.7. The zero-order valence-electron chi connectivity index (χ0n) is 16.0. The number of aromatic nitrogens is 1. The van der Waals surface area contributed by atoms with Gasteiger partial charge in [-0.25, -0.2) is 0 Å². The first-order chi connectivity index (χ1) is 13.5. The van der Waals surface area contributed by atoms with Crippen LogP contribution in [0.25, 0.3) is 11.1 Å². The molecule has 7 heteroatoms. The predicted molar refractivity (Wildman–Crippen MR) is 119 cm³/mol. The van der Waals surface area contributed by atoms with E-state index in [1.807, 2.05) is 20.1 Å². The minimum Gasteiger partial charge on any atom is -0.379 e. The van der Waals surface area contributed by atoms with E-state index in [2.05, 4.69) is 45.9 Å². The SMILES string of the molecule is CN=Cc1cccc(-c2csc(C3CC(c4c(C)noc4C)SC(N)=N3)c2)c1. The molecule has 0 amide bonds. The van der Waals surface area contributed by atoms with Crippen molar-refractivity contribution in [1.29, 1.82) is 0 Å². The Balaban J connectivity index is 1.61. The second-order valence-electron chi connectivity index (χ2n) is 6.81. The van der Waals surface area contributed by atoms with Crippen molar-refractivity contribution in [3.8, 4) is 11.1 Å². The average Bonchev–Trinajstić information content (AvgIpc) is 3.29. The highest BCUT2D eigenvalue weighted by Crippen LogP contribution is 2.46. The number of amidine groups is 1. The van der Waals surface area contributed by atoms with E-state index in [-0.39, 0.29) is 11.3 Å². The van der Waals surface area contributed by atoms with Gasteiger partial charge < -0.3 is 10.3 Å². The second-order valence-corrected chi connectivity index (χ2v) is 8.98. The van der Waals surface area contributed by atoms with Crippen molar-refractivity contribution in [3.63, 3.8) is 0 Å². The van der Waals surface area contributed by atoms with E-state index < -0.39 is 0 Å². The molecule has 0 bridgehead atoms. The molecule has 1 aromatic carbocycles. The molecular weight excluding hydrogens is 388 g/mol. The van der Waals surface area contributed by atoms with Crippen LogP contribution >= 0.6 is 23.1 Å². The van der Waals surface area contributed by atoms with Gasteiger partial charge in [-0.15, -0.1) is 11.3 Å². The van der Waals surface area contributed by atoms with Crippen molar-refractivity contribution in [3.05, 3.63) is 63.2 Å². The molecule has 28 heavy (non-hydrogen) atoms. The Hall–Kier alpha value is -2.38. The summed E-state index contributed by atoms with van der Waals surface area (Å²) in [7, 11) is 1.79. The Labute approximate surface area is 172 Å². The third-order valence-corrected chi connectivity index (χ3v) is 6.93. The van der Waals surface area contributed by atoms with Gasteiger partial charge in [0.25, 0.3) is 0 Å². The van der Waals surface area contributed by atoms with Crippen LogP contribution in [0.3, 0.4) is 0 Å². The van der Waals surface area contributed by atoms with Gasteiger partial charge in [0.15, 0.2) is 5.17 Å². The van der Waals surface area contributed by atoms with E-state index in [1.165, 1.54) is 16.0 Å². The molecule has 0 saturated heterocycles. The van der Waals surface area contributed by atoms with Gasteiger partial charge >= 0.3 is 0 Å². The molecule has 5 nitrogen and oxygen atoms in total. The van der Waals surface area contributed by atoms with Gasteiger partial charge in [-0.2, -0.15) is 0 Å². The van der Waals surface area contributed by atoms with E-state index in [0.717, 1.165) is 29.0 Å². The summed E-state index contributed by atoms with van der Waals surface area (Å²) in [6.45, 7) is 3.95. The number of nitrogens with zero attached hydrogens (tertiary/aromatic N) is 3. The summed E-state index contributed by atoms with van der Waals surface area (Å²) in [5.41, 5.74) is 11.8. The van der Waals surface area contributed by atoms with Crippen LogP contribution < -0.4 is 5.73 Å². The molecular formula is C21H22N4OS2. The summed E-state index contributed by atoms with van der Waals surface area (Å²) < 4.78 is 5.37. The predicted octanol–water partition coefficient (Wildman–Crippen LogP) is 5.30. The highest BCUT2D eigenvalue weighted by atomic mass is 32.2. The van der Waals surface area contributed by atoms with Gasteiger partial charge in [0.1, 0.15) is 5.76 Å². The Kier molecular flexibility index (Phi) is 5.37. The van der Waals surface area contributed by atoms with E-state index >= 15 is 0 Å². The lowest BCUT2D eigenvalue weighted by atomic mass is 10.0. The summed E-state index contributed by atoms with van der Waals surface area (Å²) in [5.74, 6) is 0.865. The quantitative estimate of drug-likeness (QED) is 0.592. The monoisotopic (exact) mass is 410 g/mol. The van der Waals surface area contributed by atoms with Gasteiger partial charge in [-0.1, -0.05) is 35.1 Å². The number of nitrogens with two attached hydrogens (primary N) is 1. The molecule has 3 heterocycles.